The highest BCUT2D eigenvalue weighted by atomic mass is 32.2. The molecule has 0 aliphatic heterocycles. The van der Waals surface area contributed by atoms with E-state index in [4.69, 9.17) is 5.84 Å². The van der Waals surface area contributed by atoms with Crippen LogP contribution in [0, 0.1) is 0 Å². The van der Waals surface area contributed by atoms with Crippen molar-refractivity contribution in [2.45, 2.75) is 10.1 Å². The second kappa shape index (κ2) is 4.69. The van der Waals surface area contributed by atoms with Gasteiger partial charge < -0.3 is 0 Å². The zero-order chi connectivity index (χ0) is 9.80. The Balaban J connectivity index is 1.92. The number of hydrazine groups is 1. The van der Waals surface area contributed by atoms with Crippen molar-refractivity contribution < 1.29 is 0 Å². The third-order valence-corrected chi connectivity index (χ3v) is 4.01. The van der Waals surface area contributed by atoms with Gasteiger partial charge in [0.2, 0.25) is 0 Å². The molecule has 2 rings (SSSR count). The lowest BCUT2D eigenvalue weighted by Gasteiger charge is -1.92. The Kier molecular flexibility index (Phi) is 3.30. The summed E-state index contributed by atoms with van der Waals surface area (Å²) in [6.07, 6.45) is 1.56. The summed E-state index contributed by atoms with van der Waals surface area (Å²) in [4.78, 5) is 8.31. The molecule has 5 nitrogen and oxygen atoms in total. The van der Waals surface area contributed by atoms with Crippen molar-refractivity contribution in [3.63, 3.8) is 0 Å². The van der Waals surface area contributed by atoms with E-state index in [2.05, 4.69) is 19.8 Å². The Morgan fingerprint density at radius 3 is 3.14 bits per heavy atom. The summed E-state index contributed by atoms with van der Waals surface area (Å²) in [6.45, 7) is 0. The molecule has 0 unspecified atom stereocenters. The van der Waals surface area contributed by atoms with Gasteiger partial charge in [-0.1, -0.05) is 11.8 Å². The highest BCUT2D eigenvalue weighted by Crippen LogP contribution is 2.24. The van der Waals surface area contributed by atoms with Gasteiger partial charge in [-0.15, -0.1) is 11.3 Å². The van der Waals surface area contributed by atoms with E-state index in [9.17, 15) is 0 Å². The largest absolute Gasteiger partial charge is 0.300 e. The number of nitrogens with one attached hydrogen (secondary N) is 1. The first-order valence-electron chi connectivity index (χ1n) is 3.69. The SMILES string of the molecule is NNc1nc(CSc2ncns2)cs1. The van der Waals surface area contributed by atoms with E-state index in [0.717, 1.165) is 20.9 Å². The van der Waals surface area contributed by atoms with E-state index in [1.54, 1.807) is 18.1 Å². The topological polar surface area (TPSA) is 76.7 Å². The van der Waals surface area contributed by atoms with Crippen LogP contribution in [0.1, 0.15) is 5.69 Å². The molecule has 0 fully saturated rings. The lowest BCUT2D eigenvalue weighted by molar-refractivity contribution is 1.18. The molecular formula is C6H7N5S3. The summed E-state index contributed by atoms with van der Waals surface area (Å²) in [6, 6.07) is 0. The molecule has 2 heterocycles. The van der Waals surface area contributed by atoms with Crippen LogP contribution in [-0.2, 0) is 5.75 Å². The maximum atomic E-state index is 5.22. The van der Waals surface area contributed by atoms with Crippen LogP contribution in [0.25, 0.3) is 0 Å². The van der Waals surface area contributed by atoms with Gasteiger partial charge in [-0.2, -0.15) is 4.37 Å². The minimum atomic E-state index is 0.734. The van der Waals surface area contributed by atoms with Crippen LogP contribution < -0.4 is 11.3 Å². The monoisotopic (exact) mass is 245 g/mol. The second-order valence-electron chi connectivity index (χ2n) is 2.28. The fraction of sp³-hybridized carbons (Fsp3) is 0.167. The molecule has 0 aliphatic carbocycles. The molecule has 0 amide bonds. The quantitative estimate of drug-likeness (QED) is 0.484. The standard InChI is InChI=1S/C6H7N5S3/c7-11-5-10-4(1-12-5)2-13-6-8-3-9-14-6/h1,3H,2,7H2,(H,10,11). The third-order valence-electron chi connectivity index (χ3n) is 1.36. The lowest BCUT2D eigenvalue weighted by Crippen LogP contribution is -2.05. The Hall–Kier alpha value is -0.700. The molecule has 8 heteroatoms. The van der Waals surface area contributed by atoms with Crippen molar-refractivity contribution in [2.24, 2.45) is 5.84 Å². The molecule has 74 valence electrons. The molecule has 14 heavy (non-hydrogen) atoms. The summed E-state index contributed by atoms with van der Waals surface area (Å²) in [5.74, 6) is 6.02. The smallest absolute Gasteiger partial charge is 0.197 e. The Bertz CT molecular complexity index is 384. The van der Waals surface area contributed by atoms with Gasteiger partial charge in [-0.05, 0) is 11.5 Å². The number of hydrogen-bond acceptors (Lipinski definition) is 8. The molecule has 0 radical (unpaired) electrons. The highest BCUT2D eigenvalue weighted by Gasteiger charge is 2.03. The number of nitrogens with zero attached hydrogens (tertiary/aromatic N) is 3. The summed E-state index contributed by atoms with van der Waals surface area (Å²) in [5, 5.41) is 2.71. The minimum Gasteiger partial charge on any atom is -0.300 e. The average Bonchev–Trinajstić information content (AvgIpc) is 2.86. The maximum absolute atomic E-state index is 5.22. The first-order chi connectivity index (χ1) is 6.88. The predicted molar refractivity (Wildman–Crippen MR) is 59.4 cm³/mol. The summed E-state index contributed by atoms with van der Waals surface area (Å²) in [5.41, 5.74) is 3.52. The van der Waals surface area contributed by atoms with Gasteiger partial charge in [0.05, 0.1) is 5.69 Å². The van der Waals surface area contributed by atoms with Gasteiger partial charge in [0.1, 0.15) is 6.33 Å². The van der Waals surface area contributed by atoms with Crippen molar-refractivity contribution in [2.75, 3.05) is 5.43 Å². The van der Waals surface area contributed by atoms with Crippen molar-refractivity contribution in [1.82, 2.24) is 14.3 Å². The van der Waals surface area contributed by atoms with Crippen molar-refractivity contribution >= 4 is 39.8 Å². The van der Waals surface area contributed by atoms with Gasteiger partial charge in [-0.3, -0.25) is 5.43 Å². The fourth-order valence-corrected chi connectivity index (χ4v) is 2.87. The first kappa shape index (κ1) is 9.84. The normalized spacial score (nSPS) is 10.4. The molecule has 0 aliphatic rings. The van der Waals surface area contributed by atoms with Crippen molar-refractivity contribution in [1.29, 1.82) is 0 Å². The van der Waals surface area contributed by atoms with Crippen LogP contribution in [0.4, 0.5) is 5.13 Å². The van der Waals surface area contributed by atoms with Crippen LogP contribution in [-0.4, -0.2) is 14.3 Å². The molecule has 3 N–H and O–H groups in total. The van der Waals surface area contributed by atoms with Crippen LogP contribution in [0.15, 0.2) is 16.0 Å². The molecule has 0 saturated carbocycles. The van der Waals surface area contributed by atoms with E-state index in [1.165, 1.54) is 22.9 Å². The predicted octanol–water partition coefficient (Wildman–Crippen LogP) is 1.57. The third kappa shape index (κ3) is 2.41. The number of nitrogens with two attached hydrogens (primary N) is 1. The van der Waals surface area contributed by atoms with Gasteiger partial charge in [0.25, 0.3) is 0 Å². The Labute approximate surface area is 92.9 Å². The molecule has 0 aromatic carbocycles. The van der Waals surface area contributed by atoms with E-state index in [1.807, 2.05) is 5.38 Å². The lowest BCUT2D eigenvalue weighted by atomic mass is 10.6. The van der Waals surface area contributed by atoms with Crippen LogP contribution >= 0.6 is 34.6 Å². The fourth-order valence-electron chi connectivity index (χ4n) is 0.802. The summed E-state index contributed by atoms with van der Waals surface area (Å²) < 4.78 is 4.87. The maximum Gasteiger partial charge on any atom is 0.197 e. The van der Waals surface area contributed by atoms with Gasteiger partial charge in [0, 0.05) is 11.1 Å². The molecule has 0 spiro atoms. The van der Waals surface area contributed by atoms with Crippen LogP contribution in [0.2, 0.25) is 0 Å². The Morgan fingerprint density at radius 2 is 2.50 bits per heavy atom. The molecule has 2 aromatic rings. The molecular weight excluding hydrogens is 238 g/mol. The number of thiazole rings is 1. The number of anilines is 1. The van der Waals surface area contributed by atoms with Gasteiger partial charge in [0.15, 0.2) is 9.47 Å². The van der Waals surface area contributed by atoms with Crippen molar-refractivity contribution in [3.05, 3.63) is 17.4 Å². The molecule has 2 aromatic heterocycles. The highest BCUT2D eigenvalue weighted by molar-refractivity contribution is 8.00. The van der Waals surface area contributed by atoms with E-state index in [-0.39, 0.29) is 0 Å². The van der Waals surface area contributed by atoms with Gasteiger partial charge in [-0.25, -0.2) is 15.8 Å². The minimum absolute atomic E-state index is 0.734. The van der Waals surface area contributed by atoms with Crippen molar-refractivity contribution in [3.8, 4) is 0 Å². The Morgan fingerprint density at radius 1 is 1.57 bits per heavy atom. The molecule has 0 saturated heterocycles. The van der Waals surface area contributed by atoms with E-state index < -0.39 is 0 Å². The summed E-state index contributed by atoms with van der Waals surface area (Å²) >= 11 is 4.51. The molecule has 0 bridgehead atoms. The zero-order valence-corrected chi connectivity index (χ0v) is 9.46. The summed E-state index contributed by atoms with van der Waals surface area (Å²) in [7, 11) is 0. The van der Waals surface area contributed by atoms with Crippen LogP contribution in [0.5, 0.6) is 0 Å². The number of thioether (sulfide) groups is 1. The zero-order valence-electron chi connectivity index (χ0n) is 7.01. The molecule has 0 atom stereocenters. The van der Waals surface area contributed by atoms with Gasteiger partial charge >= 0.3 is 0 Å². The number of aromatic nitrogens is 3. The van der Waals surface area contributed by atoms with E-state index >= 15 is 0 Å². The average molecular weight is 245 g/mol. The number of hydrogen-bond donors (Lipinski definition) is 2. The number of nitrogen functional groups attached to an aromatic ring is 1. The van der Waals surface area contributed by atoms with E-state index in [0.29, 0.717) is 0 Å². The van der Waals surface area contributed by atoms with Crippen LogP contribution in [0.3, 0.4) is 0 Å². The first-order valence-corrected chi connectivity index (χ1v) is 6.33. The second-order valence-corrected chi connectivity index (χ2v) is 5.14. The number of rotatable bonds is 4.